The Balaban J connectivity index is 1.24. The number of nitrogens with zero attached hydrogens (tertiary/aromatic N) is 4. The molecule has 156 valence electrons. The zero-order valence-electron chi connectivity index (χ0n) is 17.6. The predicted molar refractivity (Wildman–Crippen MR) is 123 cm³/mol. The van der Waals surface area contributed by atoms with Crippen molar-refractivity contribution in [2.75, 3.05) is 11.9 Å². The summed E-state index contributed by atoms with van der Waals surface area (Å²) < 4.78 is 0. The van der Waals surface area contributed by atoms with Crippen LogP contribution in [0.1, 0.15) is 55.0 Å². The van der Waals surface area contributed by atoms with Gasteiger partial charge >= 0.3 is 0 Å². The van der Waals surface area contributed by atoms with Gasteiger partial charge < -0.3 is 5.32 Å². The molecule has 0 amide bonds. The lowest BCUT2D eigenvalue weighted by atomic mass is 9.90. The Morgan fingerprint density at radius 1 is 1.03 bits per heavy atom. The van der Waals surface area contributed by atoms with Gasteiger partial charge in [0.05, 0.1) is 5.69 Å². The van der Waals surface area contributed by atoms with Crippen molar-refractivity contribution in [3.8, 4) is 11.3 Å². The largest absolute Gasteiger partial charge is 0.315 e. The molecule has 0 radical (unpaired) electrons. The molecular weight excluding hydrogens is 390 g/mol. The second-order valence-electron chi connectivity index (χ2n) is 8.57. The van der Waals surface area contributed by atoms with E-state index in [0.29, 0.717) is 6.04 Å². The Bertz CT molecular complexity index is 997. The van der Waals surface area contributed by atoms with Crippen molar-refractivity contribution in [3.05, 3.63) is 52.5 Å². The van der Waals surface area contributed by atoms with E-state index in [9.17, 15) is 0 Å². The van der Waals surface area contributed by atoms with E-state index in [1.54, 1.807) is 11.3 Å². The molecule has 5 rings (SSSR count). The molecule has 0 bridgehead atoms. The van der Waals surface area contributed by atoms with Gasteiger partial charge in [0.15, 0.2) is 10.9 Å². The maximum absolute atomic E-state index is 4.54. The van der Waals surface area contributed by atoms with Crippen LogP contribution in [0.15, 0.2) is 36.5 Å². The minimum absolute atomic E-state index is 0.666. The highest BCUT2D eigenvalue weighted by Gasteiger charge is 2.19. The molecule has 1 aromatic carbocycles. The standard InChI is InChI=1S/C24H29N5S/c1-17-6-4-5-13-29(17)16-21-15-25-24(30-21)26-23-12-11-22(27-28-23)20-10-9-18-7-2-3-8-19(18)14-20/h9-12,14-15,17H,2-8,13,16H2,1H3,(H,25,26,28). The van der Waals surface area contributed by atoms with Crippen molar-refractivity contribution in [2.24, 2.45) is 0 Å². The van der Waals surface area contributed by atoms with Crippen LogP contribution < -0.4 is 5.32 Å². The van der Waals surface area contributed by atoms with Gasteiger partial charge in [-0.3, -0.25) is 4.90 Å². The second kappa shape index (κ2) is 8.82. The highest BCUT2D eigenvalue weighted by Crippen LogP contribution is 2.28. The summed E-state index contributed by atoms with van der Waals surface area (Å²) in [5.74, 6) is 0.740. The first-order chi connectivity index (χ1) is 14.7. The fraction of sp³-hybridized carbons (Fsp3) is 0.458. The molecule has 3 aromatic rings. The summed E-state index contributed by atoms with van der Waals surface area (Å²) in [5.41, 5.74) is 5.05. The van der Waals surface area contributed by atoms with E-state index >= 15 is 0 Å². The molecule has 0 spiro atoms. The summed E-state index contributed by atoms with van der Waals surface area (Å²) in [7, 11) is 0. The van der Waals surface area contributed by atoms with E-state index in [2.05, 4.69) is 50.5 Å². The van der Waals surface area contributed by atoms with Gasteiger partial charge in [-0.1, -0.05) is 18.6 Å². The van der Waals surface area contributed by atoms with Gasteiger partial charge in [-0.2, -0.15) is 0 Å². The molecule has 1 aliphatic carbocycles. The van der Waals surface area contributed by atoms with Crippen LogP contribution in [-0.2, 0) is 19.4 Å². The molecule has 6 heteroatoms. The van der Waals surface area contributed by atoms with Crippen LogP contribution in [0.2, 0.25) is 0 Å². The normalized spacial score (nSPS) is 19.4. The molecule has 3 heterocycles. The molecule has 30 heavy (non-hydrogen) atoms. The Morgan fingerprint density at radius 3 is 2.77 bits per heavy atom. The highest BCUT2D eigenvalue weighted by molar-refractivity contribution is 7.15. The van der Waals surface area contributed by atoms with E-state index in [1.165, 1.54) is 67.5 Å². The highest BCUT2D eigenvalue weighted by atomic mass is 32.1. The first-order valence-electron chi connectivity index (χ1n) is 11.2. The number of nitrogens with one attached hydrogen (secondary N) is 1. The number of benzene rings is 1. The lowest BCUT2D eigenvalue weighted by Crippen LogP contribution is -2.36. The number of likely N-dealkylation sites (tertiary alicyclic amines) is 1. The van der Waals surface area contributed by atoms with Crippen molar-refractivity contribution >= 4 is 22.3 Å². The number of piperidine rings is 1. The van der Waals surface area contributed by atoms with Crippen molar-refractivity contribution in [2.45, 2.75) is 64.5 Å². The first kappa shape index (κ1) is 19.6. The van der Waals surface area contributed by atoms with Gasteiger partial charge in [0, 0.05) is 29.2 Å². The topological polar surface area (TPSA) is 53.9 Å². The van der Waals surface area contributed by atoms with Crippen molar-refractivity contribution < 1.29 is 0 Å². The fourth-order valence-corrected chi connectivity index (χ4v) is 5.43. The number of aryl methyl sites for hydroxylation is 2. The molecule has 1 atom stereocenters. The Hall–Kier alpha value is -2.31. The number of aromatic nitrogens is 3. The minimum Gasteiger partial charge on any atom is -0.315 e. The van der Waals surface area contributed by atoms with Crippen molar-refractivity contribution in [3.63, 3.8) is 0 Å². The number of rotatable bonds is 5. The number of thiazole rings is 1. The number of hydrogen-bond acceptors (Lipinski definition) is 6. The van der Waals surface area contributed by atoms with E-state index < -0.39 is 0 Å². The lowest BCUT2D eigenvalue weighted by molar-refractivity contribution is 0.154. The van der Waals surface area contributed by atoms with Gasteiger partial charge in [0.25, 0.3) is 0 Å². The third kappa shape index (κ3) is 4.40. The van der Waals surface area contributed by atoms with Gasteiger partial charge in [0.1, 0.15) is 0 Å². The van der Waals surface area contributed by atoms with E-state index in [4.69, 9.17) is 0 Å². The Morgan fingerprint density at radius 2 is 1.93 bits per heavy atom. The van der Waals surface area contributed by atoms with Crippen LogP contribution in [0, 0.1) is 0 Å². The maximum Gasteiger partial charge on any atom is 0.188 e. The molecule has 1 saturated heterocycles. The maximum atomic E-state index is 4.54. The summed E-state index contributed by atoms with van der Waals surface area (Å²) in [4.78, 5) is 8.40. The SMILES string of the molecule is CC1CCCCN1Cc1cnc(Nc2ccc(-c3ccc4c(c3)CCCC4)nn2)s1. The minimum atomic E-state index is 0.666. The second-order valence-corrected chi connectivity index (χ2v) is 9.68. The predicted octanol–water partition coefficient (Wildman–Crippen LogP) is 5.60. The van der Waals surface area contributed by atoms with Crippen LogP contribution in [0.25, 0.3) is 11.3 Å². The van der Waals surface area contributed by atoms with Crippen LogP contribution >= 0.6 is 11.3 Å². The number of fused-ring (bicyclic) bond motifs is 1. The van der Waals surface area contributed by atoms with Gasteiger partial charge in [-0.05, 0) is 81.3 Å². The lowest BCUT2D eigenvalue weighted by Gasteiger charge is -2.32. The summed E-state index contributed by atoms with van der Waals surface area (Å²) in [6.45, 7) is 4.51. The zero-order valence-corrected chi connectivity index (χ0v) is 18.4. The van der Waals surface area contributed by atoms with Gasteiger partial charge in [-0.15, -0.1) is 21.5 Å². The molecule has 1 fully saturated rings. The number of anilines is 2. The molecule has 2 aliphatic rings. The van der Waals surface area contributed by atoms with E-state index in [1.807, 2.05) is 18.3 Å². The zero-order chi connectivity index (χ0) is 20.3. The van der Waals surface area contributed by atoms with Crippen molar-refractivity contribution in [1.29, 1.82) is 0 Å². The smallest absolute Gasteiger partial charge is 0.188 e. The third-order valence-corrected chi connectivity index (χ3v) is 7.29. The van der Waals surface area contributed by atoms with Crippen LogP contribution in [0.3, 0.4) is 0 Å². The van der Waals surface area contributed by atoms with E-state index in [-0.39, 0.29) is 0 Å². The molecular formula is C24H29N5S. The average Bonchev–Trinajstić information content (AvgIpc) is 3.22. The molecule has 2 aromatic heterocycles. The summed E-state index contributed by atoms with van der Waals surface area (Å²) in [6.07, 6.45) is 10.9. The van der Waals surface area contributed by atoms with Crippen molar-refractivity contribution in [1.82, 2.24) is 20.1 Å². The Labute approximate surface area is 182 Å². The summed E-state index contributed by atoms with van der Waals surface area (Å²) >= 11 is 1.71. The molecule has 0 saturated carbocycles. The molecule has 1 N–H and O–H groups in total. The average molecular weight is 420 g/mol. The van der Waals surface area contributed by atoms with Crippen LogP contribution in [-0.4, -0.2) is 32.7 Å². The third-order valence-electron chi connectivity index (χ3n) is 6.40. The quantitative estimate of drug-likeness (QED) is 0.584. The molecule has 5 nitrogen and oxygen atoms in total. The summed E-state index contributed by atoms with van der Waals surface area (Å²) in [5, 5.41) is 13.1. The fourth-order valence-electron chi connectivity index (χ4n) is 4.59. The first-order valence-corrected chi connectivity index (χ1v) is 12.0. The molecule has 1 unspecified atom stereocenters. The monoisotopic (exact) mass is 419 g/mol. The van der Waals surface area contributed by atoms with Crippen LogP contribution in [0.5, 0.6) is 0 Å². The van der Waals surface area contributed by atoms with Gasteiger partial charge in [0.2, 0.25) is 0 Å². The van der Waals surface area contributed by atoms with Gasteiger partial charge in [-0.25, -0.2) is 4.98 Å². The molecule has 1 aliphatic heterocycles. The number of hydrogen-bond donors (Lipinski definition) is 1. The summed E-state index contributed by atoms with van der Waals surface area (Å²) in [6, 6.07) is 11.4. The van der Waals surface area contributed by atoms with Crippen LogP contribution in [0.4, 0.5) is 10.9 Å². The Kier molecular flexibility index (Phi) is 5.77. The van der Waals surface area contributed by atoms with E-state index in [0.717, 1.165) is 28.8 Å².